The lowest BCUT2D eigenvalue weighted by Crippen LogP contribution is -2.15. The number of benzene rings is 2. The van der Waals surface area contributed by atoms with Gasteiger partial charge in [0, 0.05) is 10.7 Å². The van der Waals surface area contributed by atoms with Crippen molar-refractivity contribution in [3.63, 3.8) is 0 Å². The zero-order valence-electron chi connectivity index (χ0n) is 14.1. The van der Waals surface area contributed by atoms with Gasteiger partial charge < -0.3 is 0 Å². The maximum absolute atomic E-state index is 12.9. The second kappa shape index (κ2) is 6.54. The number of aromatic nitrogens is 2. The van der Waals surface area contributed by atoms with Gasteiger partial charge >= 0.3 is 0 Å². The van der Waals surface area contributed by atoms with Crippen LogP contribution >= 0.6 is 11.6 Å². The Balaban J connectivity index is 2.03. The molecule has 0 radical (unpaired) electrons. The first-order valence-corrected chi connectivity index (χ1v) is 9.56. The molecule has 25 heavy (non-hydrogen) atoms. The minimum Gasteiger partial charge on any atom is -0.280 e. The average Bonchev–Trinajstić information content (AvgIpc) is 2.83. The third-order valence-electron chi connectivity index (χ3n) is 3.84. The van der Waals surface area contributed by atoms with E-state index in [1.807, 2.05) is 19.1 Å². The molecule has 0 saturated heterocycles. The van der Waals surface area contributed by atoms with Gasteiger partial charge in [-0.15, -0.1) is 0 Å². The lowest BCUT2D eigenvalue weighted by molar-refractivity contribution is 0.600. The molecule has 0 saturated carbocycles. The summed E-state index contributed by atoms with van der Waals surface area (Å²) in [4.78, 5) is 0.184. The highest BCUT2D eigenvalue weighted by Gasteiger charge is 2.25. The van der Waals surface area contributed by atoms with Crippen molar-refractivity contribution >= 4 is 27.3 Å². The molecular weight excluding hydrogens is 358 g/mol. The number of nitrogens with zero attached hydrogens (tertiary/aromatic N) is 2. The van der Waals surface area contributed by atoms with E-state index in [2.05, 4.69) is 9.82 Å². The molecule has 5 nitrogen and oxygen atoms in total. The molecule has 0 bridgehead atoms. The van der Waals surface area contributed by atoms with Gasteiger partial charge in [-0.3, -0.25) is 4.72 Å². The minimum absolute atomic E-state index is 0.184. The summed E-state index contributed by atoms with van der Waals surface area (Å²) in [7, 11) is -3.75. The summed E-state index contributed by atoms with van der Waals surface area (Å²) in [6.45, 7) is 5.33. The lowest BCUT2D eigenvalue weighted by atomic mass is 10.2. The second-order valence-corrected chi connectivity index (χ2v) is 7.92. The van der Waals surface area contributed by atoms with E-state index in [4.69, 9.17) is 11.6 Å². The Labute approximate surface area is 152 Å². The maximum atomic E-state index is 12.9. The van der Waals surface area contributed by atoms with E-state index in [9.17, 15) is 8.42 Å². The van der Waals surface area contributed by atoms with E-state index >= 15 is 0 Å². The number of hydrogen-bond acceptors (Lipinski definition) is 3. The van der Waals surface area contributed by atoms with Crippen LogP contribution in [0.2, 0.25) is 5.02 Å². The molecule has 1 N–H and O–H groups in total. The van der Waals surface area contributed by atoms with E-state index in [0.29, 0.717) is 22.1 Å². The molecule has 3 rings (SSSR count). The molecule has 0 aliphatic rings. The molecule has 0 unspecified atom stereocenters. The fraction of sp³-hybridized carbons (Fsp3) is 0.167. The van der Waals surface area contributed by atoms with E-state index in [1.54, 1.807) is 54.9 Å². The molecule has 0 fully saturated rings. The highest BCUT2D eigenvalue weighted by atomic mass is 35.5. The number of aryl methyl sites for hydroxylation is 2. The first kappa shape index (κ1) is 17.5. The summed E-state index contributed by atoms with van der Waals surface area (Å²) >= 11 is 5.92. The van der Waals surface area contributed by atoms with Crippen LogP contribution in [-0.4, -0.2) is 18.2 Å². The number of nitrogens with one attached hydrogen (secondary N) is 1. The summed E-state index contributed by atoms with van der Waals surface area (Å²) in [6, 6.07) is 14.3. The monoisotopic (exact) mass is 375 g/mol. The molecule has 3 aromatic rings. The zero-order valence-corrected chi connectivity index (χ0v) is 15.7. The van der Waals surface area contributed by atoms with Crippen molar-refractivity contribution in [1.82, 2.24) is 9.78 Å². The molecular formula is C18H18ClN3O2S. The smallest absolute Gasteiger partial charge is 0.265 e. The molecule has 0 spiro atoms. The fourth-order valence-corrected chi connectivity index (χ4v) is 4.34. The Bertz CT molecular complexity index is 1020. The van der Waals surface area contributed by atoms with Gasteiger partial charge in [-0.05, 0) is 62.7 Å². The predicted octanol–water partition coefficient (Wildman–Crippen LogP) is 4.25. The van der Waals surface area contributed by atoms with Gasteiger partial charge in [-0.2, -0.15) is 5.10 Å². The summed E-state index contributed by atoms with van der Waals surface area (Å²) in [5.74, 6) is 0. The van der Waals surface area contributed by atoms with Crippen LogP contribution in [-0.2, 0) is 10.0 Å². The Morgan fingerprint density at radius 2 is 1.72 bits per heavy atom. The Hall–Kier alpha value is -2.31. The third kappa shape index (κ3) is 3.55. The molecule has 7 heteroatoms. The summed E-state index contributed by atoms with van der Waals surface area (Å²) in [5, 5.41) is 5.00. The van der Waals surface area contributed by atoms with Crippen LogP contribution in [0.5, 0.6) is 0 Å². The molecule has 0 aliphatic heterocycles. The molecule has 2 aromatic carbocycles. The number of anilines is 1. The Morgan fingerprint density at radius 3 is 2.36 bits per heavy atom. The van der Waals surface area contributed by atoms with Crippen LogP contribution < -0.4 is 4.72 Å². The van der Waals surface area contributed by atoms with Crippen LogP contribution in [0.15, 0.2) is 53.4 Å². The van der Waals surface area contributed by atoms with Crippen molar-refractivity contribution in [2.45, 2.75) is 25.7 Å². The van der Waals surface area contributed by atoms with Crippen molar-refractivity contribution in [1.29, 1.82) is 0 Å². The maximum Gasteiger partial charge on any atom is 0.265 e. The van der Waals surface area contributed by atoms with Crippen molar-refractivity contribution in [2.75, 3.05) is 4.72 Å². The zero-order chi connectivity index (χ0) is 18.2. The van der Waals surface area contributed by atoms with E-state index in [-0.39, 0.29) is 4.90 Å². The quantitative estimate of drug-likeness (QED) is 0.741. The number of sulfonamides is 1. The third-order valence-corrected chi connectivity index (χ3v) is 5.72. The predicted molar refractivity (Wildman–Crippen MR) is 100 cm³/mol. The summed E-state index contributed by atoms with van der Waals surface area (Å²) in [6.07, 6.45) is 0. The normalized spacial score (nSPS) is 11.5. The van der Waals surface area contributed by atoms with Crippen molar-refractivity contribution in [3.05, 3.63) is 70.5 Å². The van der Waals surface area contributed by atoms with Crippen LogP contribution in [0, 0.1) is 20.8 Å². The van der Waals surface area contributed by atoms with Gasteiger partial charge in [-0.25, -0.2) is 13.1 Å². The Kier molecular flexibility index (Phi) is 4.58. The van der Waals surface area contributed by atoms with Gasteiger partial charge in [-0.1, -0.05) is 23.7 Å². The topological polar surface area (TPSA) is 64.0 Å². The van der Waals surface area contributed by atoms with Crippen LogP contribution in [0.1, 0.15) is 17.0 Å². The highest BCUT2D eigenvalue weighted by Crippen LogP contribution is 2.25. The number of hydrogen-bond donors (Lipinski definition) is 1. The molecule has 1 heterocycles. The first-order valence-electron chi connectivity index (χ1n) is 7.69. The first-order chi connectivity index (χ1) is 11.8. The fourth-order valence-electron chi connectivity index (χ4n) is 2.77. The van der Waals surface area contributed by atoms with Crippen molar-refractivity contribution in [2.24, 2.45) is 0 Å². The van der Waals surface area contributed by atoms with Crippen LogP contribution in [0.25, 0.3) is 5.69 Å². The van der Waals surface area contributed by atoms with Crippen LogP contribution in [0.3, 0.4) is 0 Å². The van der Waals surface area contributed by atoms with E-state index in [1.165, 1.54) is 0 Å². The molecule has 0 atom stereocenters. The summed E-state index contributed by atoms with van der Waals surface area (Å²) in [5.41, 5.74) is 3.23. The van der Waals surface area contributed by atoms with E-state index < -0.39 is 10.0 Å². The van der Waals surface area contributed by atoms with Gasteiger partial charge in [0.2, 0.25) is 0 Å². The van der Waals surface area contributed by atoms with Gasteiger partial charge in [0.1, 0.15) is 4.90 Å². The molecule has 1 aromatic heterocycles. The highest BCUT2D eigenvalue weighted by molar-refractivity contribution is 7.92. The SMILES string of the molecule is Cc1cccc(NS(=O)(=O)c2c(C)nn(-c3ccc(Cl)cc3)c2C)c1. The van der Waals surface area contributed by atoms with Gasteiger partial charge in [0.15, 0.2) is 0 Å². The van der Waals surface area contributed by atoms with Crippen LogP contribution in [0.4, 0.5) is 5.69 Å². The van der Waals surface area contributed by atoms with Gasteiger partial charge in [0.25, 0.3) is 10.0 Å². The standard InChI is InChI=1S/C18H18ClN3O2S/c1-12-5-4-6-16(11-12)21-25(23,24)18-13(2)20-22(14(18)3)17-9-7-15(19)8-10-17/h4-11,21H,1-3H3. The second-order valence-electron chi connectivity index (χ2n) is 5.86. The number of halogens is 1. The minimum atomic E-state index is -3.75. The van der Waals surface area contributed by atoms with Gasteiger partial charge in [0.05, 0.1) is 17.1 Å². The molecule has 130 valence electrons. The number of rotatable bonds is 4. The van der Waals surface area contributed by atoms with Crippen molar-refractivity contribution < 1.29 is 8.42 Å². The van der Waals surface area contributed by atoms with Crippen molar-refractivity contribution in [3.8, 4) is 5.69 Å². The Morgan fingerprint density at radius 1 is 1.04 bits per heavy atom. The summed E-state index contributed by atoms with van der Waals surface area (Å²) < 4.78 is 30.0. The lowest BCUT2D eigenvalue weighted by Gasteiger charge is -2.09. The molecule has 0 aliphatic carbocycles. The molecule has 0 amide bonds. The largest absolute Gasteiger partial charge is 0.280 e. The average molecular weight is 376 g/mol. The van der Waals surface area contributed by atoms with E-state index in [0.717, 1.165) is 11.3 Å².